The third-order valence-electron chi connectivity index (χ3n) is 14.3. The minimum absolute atomic E-state index is 0.0349. The van der Waals surface area contributed by atoms with E-state index in [2.05, 4.69) is 43.8 Å². The number of nitrogen functional groups attached to an aromatic ring is 2. The van der Waals surface area contributed by atoms with E-state index in [4.69, 9.17) is 55.2 Å². The van der Waals surface area contributed by atoms with Gasteiger partial charge in [-0.3, -0.25) is 41.8 Å². The molecule has 6 aromatic heterocycles. The average Bonchev–Trinajstić information content (AvgIpc) is 1.64. The van der Waals surface area contributed by atoms with Gasteiger partial charge < -0.3 is 91.5 Å². The summed E-state index contributed by atoms with van der Waals surface area (Å²) in [6.45, 7) is 2.56. The van der Waals surface area contributed by atoms with Gasteiger partial charge in [-0.2, -0.15) is 4.57 Å². The normalized spacial score (nSPS) is 27.8. The zero-order valence-electron chi connectivity index (χ0n) is 48.1. The second-order valence-electron chi connectivity index (χ2n) is 21.9. The molecule has 10 heterocycles. The summed E-state index contributed by atoms with van der Waals surface area (Å²) in [6, 6.07) is 4.33. The smallest absolute Gasteiger partial charge is 0.478 e. The van der Waals surface area contributed by atoms with Crippen LogP contribution in [0.3, 0.4) is 0 Å². The Balaban J connectivity index is 0.000000218. The summed E-state index contributed by atoms with van der Waals surface area (Å²) >= 11 is 0. The van der Waals surface area contributed by atoms with Crippen LogP contribution in [-0.2, 0) is 59.2 Å². The highest BCUT2D eigenvalue weighted by Crippen LogP contribution is 2.60. The molecule has 4 aliphatic rings. The number of fused-ring (bicyclic) bond motifs is 2. The number of likely N-dealkylation sites (tertiary alicyclic amines) is 1. The van der Waals surface area contributed by atoms with Crippen molar-refractivity contribution in [3.8, 4) is 0 Å². The SMILES string of the molecule is CC(C)(C)OC(=O)N1C[C@@H]([n+]2cccc(C(N)=O)c2)C[C@H]1COP(=O)([O-])OP(=O)(O)OC[C@H]1O[C@@H](n2cnc3c(N)ncnc32)[C@H](O)[C@@H]1O.NC(=O)c1ccc[n+]([C@@H]2CN[C@H](COP(=O)([O-])OP(=O)(O)OC[C@H]3O[C@@H](n4cnc5c(N)ncnc54)[C@H](O)[C@@H]3O)C2)c1. The number of nitrogens with zero attached hydrogens (tertiary/aromatic N) is 11. The van der Waals surface area contributed by atoms with E-state index in [-0.39, 0.29) is 58.5 Å². The van der Waals surface area contributed by atoms with Crippen LogP contribution in [0.1, 0.15) is 78.9 Å². The van der Waals surface area contributed by atoms with Gasteiger partial charge in [0.25, 0.3) is 27.5 Å². The third kappa shape index (κ3) is 16.8. The highest BCUT2D eigenvalue weighted by atomic mass is 31.3. The lowest BCUT2D eigenvalue weighted by Gasteiger charge is -2.30. The molecular formula is C47H64N16O24P4. The number of phosphoric acid groups is 4. The molecule has 91 heavy (non-hydrogen) atoms. The van der Waals surface area contributed by atoms with E-state index in [9.17, 15) is 72.6 Å². The van der Waals surface area contributed by atoms with Gasteiger partial charge in [0.05, 0.1) is 58.2 Å². The number of carbonyl (C=O) groups excluding carboxylic acids is 3. The van der Waals surface area contributed by atoms with Gasteiger partial charge in [-0.05, 0) is 32.9 Å². The Bertz CT molecular complexity index is 3850. The highest BCUT2D eigenvalue weighted by molar-refractivity contribution is 7.61. The van der Waals surface area contributed by atoms with Crippen LogP contribution in [0.2, 0.25) is 0 Å². The molecule has 4 aliphatic heterocycles. The first-order valence-electron chi connectivity index (χ1n) is 27.2. The predicted molar refractivity (Wildman–Crippen MR) is 298 cm³/mol. The molecule has 496 valence electrons. The fraction of sp³-hybridized carbons (Fsp3) is 0.511. The second kappa shape index (κ2) is 27.6. The number of anilines is 2. The number of rotatable bonds is 22. The quantitative estimate of drug-likeness (QED) is 0.0237. The lowest BCUT2D eigenvalue weighted by atomic mass is 10.1. The zero-order valence-corrected chi connectivity index (χ0v) is 51.6. The largest absolute Gasteiger partial charge is 0.756 e. The van der Waals surface area contributed by atoms with E-state index in [0.29, 0.717) is 18.5 Å². The Morgan fingerprint density at radius 2 is 1.13 bits per heavy atom. The van der Waals surface area contributed by atoms with Gasteiger partial charge >= 0.3 is 21.7 Å². The van der Waals surface area contributed by atoms with Crippen molar-refractivity contribution in [1.82, 2.24) is 49.3 Å². The maximum Gasteiger partial charge on any atom is 0.478 e. The molecule has 0 saturated carbocycles. The van der Waals surface area contributed by atoms with Crippen molar-refractivity contribution in [2.24, 2.45) is 11.5 Å². The van der Waals surface area contributed by atoms with Crippen molar-refractivity contribution in [2.75, 3.05) is 51.0 Å². The molecule has 15 N–H and O–H groups in total. The summed E-state index contributed by atoms with van der Waals surface area (Å²) in [6.07, 6.45) is -0.715. The molecule has 4 saturated heterocycles. The van der Waals surface area contributed by atoms with Crippen molar-refractivity contribution in [3.63, 3.8) is 0 Å². The lowest BCUT2D eigenvalue weighted by Crippen LogP contribution is -2.44. The van der Waals surface area contributed by atoms with E-state index in [1.54, 1.807) is 66.7 Å². The Kier molecular flexibility index (Phi) is 20.8. The monoisotopic (exact) mass is 1360 g/mol. The number of aliphatic hydroxyl groups excluding tert-OH is 4. The van der Waals surface area contributed by atoms with E-state index < -0.39 is 148 Å². The molecule has 0 aliphatic carbocycles. The van der Waals surface area contributed by atoms with Crippen LogP contribution in [0, 0.1) is 0 Å². The number of primary amides is 2. The first-order chi connectivity index (χ1) is 42.7. The number of hydrogen-bond acceptors (Lipinski definition) is 31. The van der Waals surface area contributed by atoms with Crippen LogP contribution >= 0.6 is 31.3 Å². The summed E-state index contributed by atoms with van der Waals surface area (Å²) in [7, 11) is -21.6. The molecular weight excluding hydrogens is 1300 g/mol. The maximum atomic E-state index is 13.0. The van der Waals surface area contributed by atoms with Gasteiger partial charge in [0, 0.05) is 31.0 Å². The number of ether oxygens (including phenoxy) is 3. The first-order valence-corrected chi connectivity index (χ1v) is 33.1. The Labute approximate surface area is 514 Å². The molecule has 3 amide bonds. The Morgan fingerprint density at radius 1 is 0.670 bits per heavy atom. The van der Waals surface area contributed by atoms with Gasteiger partial charge in [0.1, 0.15) is 77.0 Å². The van der Waals surface area contributed by atoms with E-state index in [0.717, 1.165) is 6.33 Å². The predicted octanol–water partition coefficient (Wildman–Crippen LogP) is -3.08. The number of nitrogens with two attached hydrogens (primary N) is 4. The number of amides is 3. The van der Waals surface area contributed by atoms with Crippen LogP contribution in [0.25, 0.3) is 22.3 Å². The third-order valence-corrected chi connectivity index (χ3v) is 19.5. The summed E-state index contributed by atoms with van der Waals surface area (Å²) in [5.41, 5.74) is 22.6. The van der Waals surface area contributed by atoms with Gasteiger partial charge in [-0.15, -0.1) is 0 Å². The van der Waals surface area contributed by atoms with Crippen molar-refractivity contribution >= 4 is 83.2 Å². The number of nitrogens with one attached hydrogen (secondary N) is 1. The van der Waals surface area contributed by atoms with Crippen LogP contribution in [0.15, 0.2) is 74.4 Å². The number of hydrogen-bond donors (Lipinski definition) is 11. The number of aromatic nitrogens is 10. The standard InChI is InChI=1S/C26H36N8O13P2.C21H28N8O11P2/c1-26(2,3)46-25(38)33-9-15(32-6-4-5-14(8-32)22(28)37)7-16(33)10-43-48(39,40)47-49(41,42)44-11-17-19(35)20(36)24(45-17)34-13-31-18-21(27)29-12-30-23(18)34;22-18-15-20(26-9-25-18)29(10-27-15)21-17(31)16(30)14(39-21)8-38-42(35,36)40-41(33,34)37-7-12-4-13(5-24-12)28-3-1-2-11(6-28)19(23)32/h4-6,8,12-13,15-17,19-20,24,35-36H,7,9-11H2,1-3H3,(H5-,27,28,29,30,37,39,40,41,42);1-3,6,9-10,12-14,16-17,21,24,30-31H,4-5,7-8H2,(H5-,22,23,25,26,32,33,34,35,36)/t15-,16-,17+,19+,20+,24+;12-,13-,14+,16+,17+,21+/m00/s1. The molecule has 6 aromatic rings. The number of phosphoric ester groups is 4. The van der Waals surface area contributed by atoms with E-state index >= 15 is 0 Å². The van der Waals surface area contributed by atoms with Crippen molar-refractivity contribution in [1.29, 1.82) is 0 Å². The molecule has 0 radical (unpaired) electrons. The van der Waals surface area contributed by atoms with Crippen molar-refractivity contribution in [2.45, 2.75) is 112 Å². The molecule has 4 unspecified atom stereocenters. The molecule has 0 spiro atoms. The molecule has 10 rings (SSSR count). The molecule has 4 fully saturated rings. The Morgan fingerprint density at radius 3 is 1.59 bits per heavy atom. The van der Waals surface area contributed by atoms with Crippen LogP contribution in [-0.4, -0.2) is 186 Å². The van der Waals surface area contributed by atoms with Gasteiger partial charge in [-0.1, -0.05) is 0 Å². The molecule has 0 aromatic carbocycles. The van der Waals surface area contributed by atoms with Crippen LogP contribution in [0.5, 0.6) is 0 Å². The van der Waals surface area contributed by atoms with Crippen molar-refractivity contribution in [3.05, 3.63) is 85.5 Å². The minimum Gasteiger partial charge on any atom is -0.756 e. The Hall–Kier alpha value is -6.55. The fourth-order valence-corrected chi connectivity index (χ4v) is 14.2. The average molecular weight is 1360 g/mol. The van der Waals surface area contributed by atoms with Gasteiger partial charge in [-0.25, -0.2) is 57.0 Å². The number of aliphatic hydroxyl groups is 4. The molecule has 16 atom stereocenters. The fourth-order valence-electron chi connectivity index (χ4n) is 10.0. The molecule has 0 bridgehead atoms. The number of imidazole rings is 2. The summed E-state index contributed by atoms with van der Waals surface area (Å²) in [5, 5.41) is 45.0. The number of carbonyl (C=O) groups is 3. The van der Waals surface area contributed by atoms with Crippen LogP contribution < -0.4 is 47.2 Å². The first kappa shape index (κ1) is 68.8. The van der Waals surface area contributed by atoms with Crippen molar-refractivity contribution < 1.29 is 123 Å². The van der Waals surface area contributed by atoms with E-state index in [1.165, 1.54) is 45.3 Å². The lowest BCUT2D eigenvalue weighted by molar-refractivity contribution is -0.719. The topological polar surface area (TPSA) is 584 Å². The highest BCUT2D eigenvalue weighted by Gasteiger charge is 2.49. The summed E-state index contributed by atoms with van der Waals surface area (Å²) < 4.78 is 100. The van der Waals surface area contributed by atoms with Crippen LogP contribution in [0.4, 0.5) is 16.4 Å². The maximum absolute atomic E-state index is 13.0. The van der Waals surface area contributed by atoms with E-state index in [1.807, 2.05) is 0 Å². The summed E-state index contributed by atoms with van der Waals surface area (Å²) in [4.78, 5) is 106. The second-order valence-corrected chi connectivity index (χ2v) is 27.9. The molecule has 44 heteroatoms. The molecule has 40 nitrogen and oxygen atoms in total. The number of pyridine rings is 2. The zero-order chi connectivity index (χ0) is 66.1. The van der Waals surface area contributed by atoms with Gasteiger partial charge in [0.2, 0.25) is 0 Å². The van der Waals surface area contributed by atoms with Gasteiger partial charge in [0.15, 0.2) is 72.3 Å². The summed E-state index contributed by atoms with van der Waals surface area (Å²) in [5.74, 6) is -1.13. The minimum atomic E-state index is -5.58.